The van der Waals surface area contributed by atoms with E-state index in [9.17, 15) is 4.79 Å². The Labute approximate surface area is 106 Å². The summed E-state index contributed by atoms with van der Waals surface area (Å²) in [5.74, 6) is 1.02. The van der Waals surface area contributed by atoms with Crippen molar-refractivity contribution in [2.45, 2.75) is 6.42 Å². The number of nitrogens with one attached hydrogen (secondary N) is 1. The van der Waals surface area contributed by atoms with Gasteiger partial charge in [0.15, 0.2) is 5.69 Å². The highest BCUT2D eigenvalue weighted by molar-refractivity contribution is 5.86. The first kappa shape index (κ1) is 12.8. The summed E-state index contributed by atoms with van der Waals surface area (Å²) in [6.45, 7) is 2.98. The van der Waals surface area contributed by atoms with Crippen molar-refractivity contribution < 1.29 is 9.53 Å². The Kier molecular flexibility index (Phi) is 4.09. The molecule has 0 spiro atoms. The van der Waals surface area contributed by atoms with Crippen molar-refractivity contribution in [3.05, 3.63) is 18.1 Å². The average Bonchev–Trinajstić information content (AvgIpc) is 2.87. The van der Waals surface area contributed by atoms with Crippen LogP contribution in [0.5, 0.6) is 0 Å². The number of hydrogen-bond acceptors (Lipinski definition) is 6. The number of rotatable bonds is 4. The highest BCUT2D eigenvalue weighted by Gasteiger charge is 2.23. The van der Waals surface area contributed by atoms with E-state index >= 15 is 0 Å². The maximum atomic E-state index is 11.2. The van der Waals surface area contributed by atoms with Crippen LogP contribution in [-0.2, 0) is 4.74 Å². The molecule has 18 heavy (non-hydrogen) atoms. The van der Waals surface area contributed by atoms with Crippen LogP contribution in [0.2, 0.25) is 0 Å². The molecule has 0 aliphatic carbocycles. The number of carbonyl (C=O) groups is 1. The van der Waals surface area contributed by atoms with Gasteiger partial charge >= 0.3 is 5.97 Å². The Morgan fingerprint density at radius 3 is 3.00 bits per heavy atom. The van der Waals surface area contributed by atoms with Crippen LogP contribution in [0.1, 0.15) is 16.9 Å². The molecule has 2 rings (SSSR count). The summed E-state index contributed by atoms with van der Waals surface area (Å²) in [5.41, 5.74) is 0.243. The standard InChI is InChI=1S/C12H18N4O2/c1-13-5-9-3-4-16(8-9)11-7-14-10(6-15-11)12(17)18-2/h6-7,9,13H,3-5,8H2,1-2H3/t9-/m1/s1. The van der Waals surface area contributed by atoms with Gasteiger partial charge in [-0.1, -0.05) is 0 Å². The topological polar surface area (TPSA) is 67.4 Å². The molecule has 0 saturated carbocycles. The fourth-order valence-electron chi connectivity index (χ4n) is 2.19. The lowest BCUT2D eigenvalue weighted by Crippen LogP contribution is -2.25. The zero-order chi connectivity index (χ0) is 13.0. The van der Waals surface area contributed by atoms with Gasteiger partial charge in [0.2, 0.25) is 0 Å². The minimum absolute atomic E-state index is 0.243. The third-order valence-corrected chi connectivity index (χ3v) is 3.14. The first-order chi connectivity index (χ1) is 8.74. The summed E-state index contributed by atoms with van der Waals surface area (Å²) in [6.07, 6.45) is 4.25. The van der Waals surface area contributed by atoms with Crippen molar-refractivity contribution in [3.8, 4) is 0 Å². The van der Waals surface area contributed by atoms with E-state index in [0.29, 0.717) is 5.92 Å². The number of anilines is 1. The number of hydrogen-bond donors (Lipinski definition) is 1. The van der Waals surface area contributed by atoms with Gasteiger partial charge in [0.1, 0.15) is 5.82 Å². The molecule has 1 aliphatic heterocycles. The fourth-order valence-corrected chi connectivity index (χ4v) is 2.19. The number of ether oxygens (including phenoxy) is 1. The SMILES string of the molecule is CNC[C@H]1CCN(c2cnc(C(=O)OC)cn2)C1. The van der Waals surface area contributed by atoms with Crippen LogP contribution in [0, 0.1) is 5.92 Å². The van der Waals surface area contributed by atoms with Gasteiger partial charge in [-0.2, -0.15) is 0 Å². The largest absolute Gasteiger partial charge is 0.464 e. The van der Waals surface area contributed by atoms with E-state index in [0.717, 1.165) is 31.9 Å². The Balaban J connectivity index is 2.00. The molecule has 0 amide bonds. The number of aromatic nitrogens is 2. The number of methoxy groups -OCH3 is 1. The highest BCUT2D eigenvalue weighted by Crippen LogP contribution is 2.20. The summed E-state index contributed by atoms with van der Waals surface area (Å²) in [4.78, 5) is 21.8. The molecule has 1 fully saturated rings. The molecule has 0 unspecified atom stereocenters. The summed E-state index contributed by atoms with van der Waals surface area (Å²) in [5, 5.41) is 3.19. The zero-order valence-electron chi connectivity index (χ0n) is 10.7. The van der Waals surface area contributed by atoms with Crippen LogP contribution < -0.4 is 10.2 Å². The molecule has 0 radical (unpaired) electrons. The third-order valence-electron chi connectivity index (χ3n) is 3.14. The second-order valence-electron chi connectivity index (χ2n) is 4.41. The summed E-state index contributed by atoms with van der Waals surface area (Å²) in [7, 11) is 3.30. The quantitative estimate of drug-likeness (QED) is 0.776. The molecular weight excluding hydrogens is 232 g/mol. The van der Waals surface area contributed by atoms with Gasteiger partial charge < -0.3 is 15.0 Å². The van der Waals surface area contributed by atoms with Crippen molar-refractivity contribution in [3.63, 3.8) is 0 Å². The van der Waals surface area contributed by atoms with Crippen molar-refractivity contribution in [2.75, 3.05) is 38.7 Å². The summed E-state index contributed by atoms with van der Waals surface area (Å²) < 4.78 is 4.59. The Morgan fingerprint density at radius 1 is 1.56 bits per heavy atom. The highest BCUT2D eigenvalue weighted by atomic mass is 16.5. The lowest BCUT2D eigenvalue weighted by atomic mass is 10.1. The van der Waals surface area contributed by atoms with Crippen molar-refractivity contribution in [1.82, 2.24) is 15.3 Å². The monoisotopic (exact) mass is 250 g/mol. The minimum atomic E-state index is -0.455. The van der Waals surface area contributed by atoms with Crippen molar-refractivity contribution in [1.29, 1.82) is 0 Å². The normalized spacial score (nSPS) is 19.0. The van der Waals surface area contributed by atoms with Crippen LogP contribution in [0.4, 0.5) is 5.82 Å². The van der Waals surface area contributed by atoms with Crippen molar-refractivity contribution in [2.24, 2.45) is 5.92 Å². The third kappa shape index (κ3) is 2.76. The molecule has 1 aromatic heterocycles. The van der Waals surface area contributed by atoms with Crippen LogP contribution in [0.25, 0.3) is 0 Å². The number of nitrogens with zero attached hydrogens (tertiary/aromatic N) is 3. The molecule has 1 aromatic rings. The molecule has 6 nitrogen and oxygen atoms in total. The van der Waals surface area contributed by atoms with E-state index in [1.165, 1.54) is 13.3 Å². The molecule has 2 heterocycles. The first-order valence-electron chi connectivity index (χ1n) is 6.04. The van der Waals surface area contributed by atoms with E-state index in [1.54, 1.807) is 6.20 Å². The first-order valence-corrected chi connectivity index (χ1v) is 6.04. The zero-order valence-corrected chi connectivity index (χ0v) is 10.7. The van der Waals surface area contributed by atoms with Gasteiger partial charge in [0.05, 0.1) is 19.5 Å². The Morgan fingerprint density at radius 2 is 2.39 bits per heavy atom. The van der Waals surface area contributed by atoms with Gasteiger partial charge in [-0.25, -0.2) is 14.8 Å². The molecule has 1 aliphatic rings. The van der Waals surface area contributed by atoms with E-state index in [-0.39, 0.29) is 5.69 Å². The lowest BCUT2D eigenvalue weighted by molar-refractivity contribution is 0.0593. The van der Waals surface area contributed by atoms with Crippen LogP contribution in [-0.4, -0.2) is 49.7 Å². The van der Waals surface area contributed by atoms with Gasteiger partial charge in [-0.3, -0.25) is 0 Å². The fraction of sp³-hybridized carbons (Fsp3) is 0.583. The van der Waals surface area contributed by atoms with E-state index in [1.807, 2.05) is 7.05 Å². The smallest absolute Gasteiger partial charge is 0.358 e. The molecule has 1 N–H and O–H groups in total. The van der Waals surface area contributed by atoms with Crippen LogP contribution in [0.3, 0.4) is 0 Å². The number of carbonyl (C=O) groups excluding carboxylic acids is 1. The molecule has 1 atom stereocenters. The predicted octanol–water partition coefficient (Wildman–Crippen LogP) is 0.309. The lowest BCUT2D eigenvalue weighted by Gasteiger charge is -2.16. The minimum Gasteiger partial charge on any atom is -0.464 e. The summed E-state index contributed by atoms with van der Waals surface area (Å²) >= 11 is 0. The second kappa shape index (κ2) is 5.77. The Bertz CT molecular complexity index is 407. The molecule has 0 aromatic carbocycles. The number of esters is 1. The predicted molar refractivity (Wildman–Crippen MR) is 67.6 cm³/mol. The van der Waals surface area contributed by atoms with Gasteiger partial charge in [-0.05, 0) is 25.9 Å². The van der Waals surface area contributed by atoms with Crippen LogP contribution in [0.15, 0.2) is 12.4 Å². The van der Waals surface area contributed by atoms with Gasteiger partial charge in [0.25, 0.3) is 0 Å². The maximum absolute atomic E-state index is 11.2. The summed E-state index contributed by atoms with van der Waals surface area (Å²) in [6, 6.07) is 0. The van der Waals surface area contributed by atoms with Gasteiger partial charge in [-0.15, -0.1) is 0 Å². The second-order valence-corrected chi connectivity index (χ2v) is 4.41. The average molecular weight is 250 g/mol. The van der Waals surface area contributed by atoms with E-state index < -0.39 is 5.97 Å². The van der Waals surface area contributed by atoms with Crippen molar-refractivity contribution >= 4 is 11.8 Å². The molecular formula is C12H18N4O2. The van der Waals surface area contributed by atoms with Gasteiger partial charge in [0, 0.05) is 13.1 Å². The maximum Gasteiger partial charge on any atom is 0.358 e. The molecule has 1 saturated heterocycles. The molecule has 98 valence electrons. The van der Waals surface area contributed by atoms with Crippen LogP contribution >= 0.6 is 0 Å². The van der Waals surface area contributed by atoms with E-state index in [4.69, 9.17) is 0 Å². The Hall–Kier alpha value is -1.69. The van der Waals surface area contributed by atoms with E-state index in [2.05, 4.69) is 24.9 Å². The molecule has 6 heteroatoms. The molecule has 0 bridgehead atoms.